The number of amidine groups is 1. The minimum absolute atomic E-state index is 0.232. The van der Waals surface area contributed by atoms with Crippen LogP contribution in [-0.4, -0.2) is 5.84 Å². The fraction of sp³-hybridized carbons (Fsp3) is 0. The molecule has 0 amide bonds. The zero-order valence-electron chi connectivity index (χ0n) is 12.4. The molecule has 0 saturated carbocycles. The Morgan fingerprint density at radius 2 is 1.43 bits per heavy atom. The van der Waals surface area contributed by atoms with E-state index in [4.69, 9.17) is 11.6 Å². The largest absolute Gasteiger partial charge is 0.382 e. The van der Waals surface area contributed by atoms with Crippen LogP contribution in [0.1, 0.15) is 16.7 Å². The summed E-state index contributed by atoms with van der Waals surface area (Å²) in [5.41, 5.74) is 8.54. The second kappa shape index (κ2) is 6.32. The van der Waals surface area contributed by atoms with Crippen LogP contribution in [0.4, 0.5) is 4.39 Å². The quantitative estimate of drug-likeness (QED) is 0.255. The third-order valence-corrected chi connectivity index (χ3v) is 3.64. The van der Waals surface area contributed by atoms with Crippen molar-refractivity contribution < 1.29 is 4.39 Å². The molecule has 0 aliphatic heterocycles. The Labute approximate surface area is 133 Å². The molecule has 0 radical (unpaired) electrons. The van der Waals surface area contributed by atoms with E-state index in [1.165, 1.54) is 12.1 Å². The minimum atomic E-state index is -0.232. The van der Waals surface area contributed by atoms with Crippen LogP contribution >= 0.6 is 0 Å². The highest BCUT2D eigenvalue weighted by atomic mass is 19.1. The first-order valence-corrected chi connectivity index (χ1v) is 7.17. The lowest BCUT2D eigenvalue weighted by Gasteiger charge is -2.04. The molecule has 114 valence electrons. The van der Waals surface area contributed by atoms with Gasteiger partial charge in [0.05, 0.1) is 0 Å². The van der Waals surface area contributed by atoms with E-state index in [1.54, 1.807) is 12.1 Å². The average Bonchev–Trinajstić information content (AvgIpc) is 2.60. The van der Waals surface area contributed by atoms with Gasteiger partial charge in [0.25, 0.3) is 0 Å². The van der Waals surface area contributed by atoms with Crippen molar-refractivity contribution in [2.45, 2.75) is 0 Å². The van der Waals surface area contributed by atoms with Gasteiger partial charge in [-0.25, -0.2) is 4.39 Å². The molecule has 3 nitrogen and oxygen atoms in total. The molecule has 0 aliphatic carbocycles. The second-order valence-corrected chi connectivity index (χ2v) is 5.22. The van der Waals surface area contributed by atoms with Gasteiger partial charge < -0.3 is 11.6 Å². The lowest BCUT2D eigenvalue weighted by Crippen LogP contribution is -2.15. The molecule has 3 aromatic carbocycles. The summed E-state index contributed by atoms with van der Waals surface area (Å²) in [6.07, 6.45) is 3.95. The third-order valence-electron chi connectivity index (χ3n) is 3.64. The Morgan fingerprint density at radius 1 is 0.826 bits per heavy atom. The first kappa shape index (κ1) is 14.8. The predicted molar refractivity (Wildman–Crippen MR) is 94.2 cm³/mol. The van der Waals surface area contributed by atoms with Crippen molar-refractivity contribution in [1.29, 1.82) is 0 Å². The van der Waals surface area contributed by atoms with E-state index in [0.717, 1.165) is 27.5 Å². The summed E-state index contributed by atoms with van der Waals surface area (Å²) in [7, 11) is 0. The van der Waals surface area contributed by atoms with Gasteiger partial charge in [0, 0.05) is 5.56 Å². The topological polar surface area (TPSA) is 64.4 Å². The number of rotatable bonds is 3. The zero-order chi connectivity index (χ0) is 16.2. The maximum absolute atomic E-state index is 12.9. The Morgan fingerprint density at radius 3 is 2.17 bits per heavy atom. The molecule has 0 unspecified atom stereocenters. The highest BCUT2D eigenvalue weighted by Crippen LogP contribution is 2.19. The molecule has 0 aromatic heterocycles. The zero-order valence-corrected chi connectivity index (χ0v) is 12.4. The highest BCUT2D eigenvalue weighted by molar-refractivity contribution is 6.01. The number of fused-ring (bicyclic) bond motifs is 1. The maximum Gasteiger partial charge on any atom is 0.150 e. The van der Waals surface area contributed by atoms with Crippen molar-refractivity contribution in [3.8, 4) is 0 Å². The van der Waals surface area contributed by atoms with E-state index >= 15 is 0 Å². The van der Waals surface area contributed by atoms with E-state index in [1.807, 2.05) is 42.5 Å². The van der Waals surface area contributed by atoms with Crippen LogP contribution < -0.4 is 11.6 Å². The van der Waals surface area contributed by atoms with Gasteiger partial charge in [-0.2, -0.15) is 5.10 Å². The van der Waals surface area contributed by atoms with Crippen molar-refractivity contribution in [2.75, 3.05) is 0 Å². The molecule has 3 aromatic rings. The van der Waals surface area contributed by atoms with Gasteiger partial charge in [-0.15, -0.1) is 0 Å². The molecule has 4 heteroatoms. The van der Waals surface area contributed by atoms with Crippen molar-refractivity contribution in [2.24, 2.45) is 16.7 Å². The van der Waals surface area contributed by atoms with Crippen LogP contribution in [0.3, 0.4) is 0 Å². The number of nitrogens with zero attached hydrogens (tertiary/aromatic N) is 1. The van der Waals surface area contributed by atoms with Crippen LogP contribution in [0.15, 0.2) is 65.8 Å². The fourth-order valence-electron chi connectivity index (χ4n) is 2.37. The molecule has 4 N–H and O–H groups in total. The van der Waals surface area contributed by atoms with Gasteiger partial charge >= 0.3 is 0 Å². The smallest absolute Gasteiger partial charge is 0.150 e. The first-order valence-electron chi connectivity index (χ1n) is 7.17. The molecule has 0 saturated heterocycles. The molecule has 0 heterocycles. The number of hydrogen-bond acceptors (Lipinski definition) is 2. The third kappa shape index (κ3) is 3.37. The van der Waals surface area contributed by atoms with E-state index in [-0.39, 0.29) is 5.82 Å². The monoisotopic (exact) mass is 305 g/mol. The molecule has 23 heavy (non-hydrogen) atoms. The second-order valence-electron chi connectivity index (χ2n) is 5.22. The number of hydrogen-bond donors (Lipinski definition) is 2. The van der Waals surface area contributed by atoms with E-state index in [2.05, 4.69) is 11.2 Å². The van der Waals surface area contributed by atoms with E-state index in [9.17, 15) is 4.39 Å². The first-order chi connectivity index (χ1) is 11.2. The van der Waals surface area contributed by atoms with Crippen molar-refractivity contribution >= 4 is 28.8 Å². The summed E-state index contributed by atoms with van der Waals surface area (Å²) >= 11 is 0. The molecule has 0 spiro atoms. The molecule has 3 rings (SSSR count). The Balaban J connectivity index is 1.89. The summed E-state index contributed by atoms with van der Waals surface area (Å²) in [6, 6.07) is 18.3. The van der Waals surface area contributed by atoms with E-state index < -0.39 is 0 Å². The SMILES string of the molecule is N/N=C(/N)c1ccc2cc(/C=C/c3ccc(F)cc3)ccc2c1. The van der Waals surface area contributed by atoms with Crippen molar-refractivity contribution in [1.82, 2.24) is 0 Å². The molecule has 0 atom stereocenters. The normalized spacial score (nSPS) is 12.1. The number of halogens is 1. The summed E-state index contributed by atoms with van der Waals surface area (Å²) in [4.78, 5) is 0. The van der Waals surface area contributed by atoms with Crippen LogP contribution in [0.5, 0.6) is 0 Å². The highest BCUT2D eigenvalue weighted by Gasteiger charge is 2.01. The van der Waals surface area contributed by atoms with Gasteiger partial charge in [-0.3, -0.25) is 0 Å². The number of benzene rings is 3. The molecular weight excluding hydrogens is 289 g/mol. The van der Waals surface area contributed by atoms with Gasteiger partial charge in [0.15, 0.2) is 0 Å². The van der Waals surface area contributed by atoms with Crippen LogP contribution in [0.25, 0.3) is 22.9 Å². The van der Waals surface area contributed by atoms with Crippen LogP contribution in [0.2, 0.25) is 0 Å². The lowest BCUT2D eigenvalue weighted by molar-refractivity contribution is 0.628. The van der Waals surface area contributed by atoms with Crippen LogP contribution in [0, 0.1) is 5.82 Å². The fourth-order valence-corrected chi connectivity index (χ4v) is 2.37. The summed E-state index contributed by atoms with van der Waals surface area (Å²) in [5.74, 6) is 5.29. The maximum atomic E-state index is 12.9. The Bertz CT molecular complexity index is 896. The van der Waals surface area contributed by atoms with Gasteiger partial charge in [-0.1, -0.05) is 48.6 Å². The molecule has 0 aliphatic rings. The number of nitrogens with two attached hydrogens (primary N) is 2. The van der Waals surface area contributed by atoms with Gasteiger partial charge in [0.1, 0.15) is 11.7 Å². The van der Waals surface area contributed by atoms with Gasteiger partial charge in [0.2, 0.25) is 0 Å². The Kier molecular flexibility index (Phi) is 4.06. The average molecular weight is 305 g/mol. The van der Waals surface area contributed by atoms with Crippen LogP contribution in [-0.2, 0) is 0 Å². The Hall–Kier alpha value is -3.14. The van der Waals surface area contributed by atoms with Crippen molar-refractivity contribution in [3.63, 3.8) is 0 Å². The molecular formula is C19H16FN3. The summed E-state index contributed by atoms with van der Waals surface area (Å²) in [5, 5.41) is 5.67. The predicted octanol–water partition coefficient (Wildman–Crippen LogP) is 3.73. The standard InChI is InChI=1S/C19H16FN3/c20-18-9-4-13(5-10-18)1-2-14-3-6-16-12-17(19(21)23-22)8-7-15(16)11-14/h1-12H,22H2,(H2,21,23)/b2-1+. The van der Waals surface area contributed by atoms with Crippen molar-refractivity contribution in [3.05, 3.63) is 83.2 Å². The summed E-state index contributed by atoms with van der Waals surface area (Å²) in [6.45, 7) is 0. The summed E-state index contributed by atoms with van der Waals surface area (Å²) < 4.78 is 12.9. The number of hydrazone groups is 1. The van der Waals surface area contributed by atoms with E-state index in [0.29, 0.717) is 5.84 Å². The lowest BCUT2D eigenvalue weighted by atomic mass is 10.0. The molecule has 0 bridgehead atoms. The van der Waals surface area contributed by atoms with Gasteiger partial charge in [-0.05, 0) is 46.2 Å². The minimum Gasteiger partial charge on any atom is -0.382 e. The molecule has 0 fully saturated rings.